The number of hydrogen-bond acceptors (Lipinski definition) is 4. The lowest BCUT2D eigenvalue weighted by Gasteiger charge is -2.28. The number of aromatic nitrogens is 2. The molecule has 1 N–H and O–H groups in total. The minimum atomic E-state index is 0.641. The van der Waals surface area contributed by atoms with Crippen molar-refractivity contribution in [1.82, 2.24) is 15.1 Å². The zero-order chi connectivity index (χ0) is 15.4. The molecule has 6 heteroatoms. The van der Waals surface area contributed by atoms with Crippen LogP contribution >= 0.6 is 0 Å². The number of rotatable bonds is 2. The monoisotopic (exact) mass is 295 g/mol. The van der Waals surface area contributed by atoms with Gasteiger partial charge in [-0.05, 0) is 24.6 Å². The Kier molecular flexibility index (Phi) is 4.17. The molecular weight excluding hydrogens is 278 g/mol. The van der Waals surface area contributed by atoms with Crippen molar-refractivity contribution in [2.75, 3.05) is 26.3 Å². The zero-order valence-electron chi connectivity index (χ0n) is 12.4. The topological polar surface area (TPSA) is 77.3 Å². The highest BCUT2D eigenvalue weighted by molar-refractivity contribution is 5.85. The second-order valence-electron chi connectivity index (χ2n) is 5.08. The first kappa shape index (κ1) is 14.3. The molecule has 0 unspecified atom stereocenters. The Bertz CT molecular complexity index is 705. The molecule has 2 heterocycles. The summed E-state index contributed by atoms with van der Waals surface area (Å²) in [6.45, 7) is 5.18. The summed E-state index contributed by atoms with van der Waals surface area (Å²) in [6, 6.07) is 9.53. The number of benzene rings is 1. The second-order valence-corrected chi connectivity index (χ2v) is 5.08. The van der Waals surface area contributed by atoms with E-state index in [1.54, 1.807) is 18.3 Å². The van der Waals surface area contributed by atoms with E-state index < -0.39 is 0 Å². The smallest absolute Gasteiger partial charge is 0.157 e. The van der Waals surface area contributed by atoms with Crippen molar-refractivity contribution in [3.63, 3.8) is 0 Å². The van der Waals surface area contributed by atoms with Gasteiger partial charge in [0.25, 0.3) is 0 Å². The lowest BCUT2D eigenvalue weighted by molar-refractivity contribution is 0.0678. The van der Waals surface area contributed by atoms with E-state index in [0.717, 1.165) is 49.1 Å². The molecule has 0 spiro atoms. The van der Waals surface area contributed by atoms with Crippen LogP contribution in [0, 0.1) is 11.3 Å². The molecule has 0 atom stereocenters. The standard InChI is InChI=1S/C16H17N5O/c1-12(21-6-8-22-9-7-21)19-16-15(11-18-20-16)14-4-2-13(10-17)3-5-14/h2-5,11H,6-9H2,1H3,(H,18,20)/b19-12+. The van der Waals surface area contributed by atoms with Crippen LogP contribution in [0.5, 0.6) is 0 Å². The lowest BCUT2D eigenvalue weighted by atomic mass is 10.1. The molecule has 0 aliphatic carbocycles. The fraction of sp³-hybridized carbons (Fsp3) is 0.312. The first-order valence-corrected chi connectivity index (χ1v) is 7.20. The predicted molar refractivity (Wildman–Crippen MR) is 83.9 cm³/mol. The van der Waals surface area contributed by atoms with E-state index in [-0.39, 0.29) is 0 Å². The SMILES string of the molecule is C/C(=N\c1[nH]ncc1-c1ccc(C#N)cc1)N1CCOCC1. The van der Waals surface area contributed by atoms with Gasteiger partial charge in [-0.3, -0.25) is 5.10 Å². The first-order valence-electron chi connectivity index (χ1n) is 7.20. The van der Waals surface area contributed by atoms with Crippen molar-refractivity contribution in [1.29, 1.82) is 5.26 Å². The molecule has 0 bridgehead atoms. The number of ether oxygens (including phenoxy) is 1. The highest BCUT2D eigenvalue weighted by atomic mass is 16.5. The number of nitrogens with one attached hydrogen (secondary N) is 1. The largest absolute Gasteiger partial charge is 0.378 e. The zero-order valence-corrected chi connectivity index (χ0v) is 12.4. The van der Waals surface area contributed by atoms with Crippen LogP contribution in [0.4, 0.5) is 5.82 Å². The molecule has 6 nitrogen and oxygen atoms in total. The molecule has 1 aliphatic heterocycles. The Morgan fingerprint density at radius 3 is 2.73 bits per heavy atom. The maximum Gasteiger partial charge on any atom is 0.157 e. The van der Waals surface area contributed by atoms with Gasteiger partial charge < -0.3 is 9.64 Å². The number of nitriles is 1. The predicted octanol–water partition coefficient (Wildman–Crippen LogP) is 2.33. The molecule has 2 aromatic rings. The van der Waals surface area contributed by atoms with Crippen molar-refractivity contribution >= 4 is 11.7 Å². The van der Waals surface area contributed by atoms with Gasteiger partial charge in [-0.1, -0.05) is 12.1 Å². The van der Waals surface area contributed by atoms with Crippen LogP contribution in [0.1, 0.15) is 12.5 Å². The molecule has 1 fully saturated rings. The number of aliphatic imine (C=N–C) groups is 1. The van der Waals surface area contributed by atoms with Crippen molar-refractivity contribution in [3.05, 3.63) is 36.0 Å². The third-order valence-electron chi connectivity index (χ3n) is 3.69. The third-order valence-corrected chi connectivity index (χ3v) is 3.69. The Labute approximate surface area is 129 Å². The normalized spacial score (nSPS) is 15.6. The Morgan fingerprint density at radius 1 is 1.32 bits per heavy atom. The van der Waals surface area contributed by atoms with E-state index in [1.807, 2.05) is 19.1 Å². The molecule has 1 aromatic carbocycles. The number of hydrogen-bond donors (Lipinski definition) is 1. The van der Waals surface area contributed by atoms with E-state index in [4.69, 9.17) is 10.00 Å². The summed E-state index contributed by atoms with van der Waals surface area (Å²) in [6.07, 6.45) is 1.76. The Balaban J connectivity index is 1.86. The van der Waals surface area contributed by atoms with Gasteiger partial charge in [0.2, 0.25) is 0 Å². The summed E-state index contributed by atoms with van der Waals surface area (Å²) in [7, 11) is 0. The van der Waals surface area contributed by atoms with Gasteiger partial charge >= 0.3 is 0 Å². The molecule has 0 radical (unpaired) electrons. The molecule has 112 valence electrons. The summed E-state index contributed by atoms with van der Waals surface area (Å²) < 4.78 is 5.36. The van der Waals surface area contributed by atoms with Gasteiger partial charge in [-0.2, -0.15) is 10.4 Å². The highest BCUT2D eigenvalue weighted by Gasteiger charge is 2.13. The molecule has 3 rings (SSSR count). The van der Waals surface area contributed by atoms with Crippen LogP contribution in [-0.2, 0) is 4.74 Å². The molecule has 22 heavy (non-hydrogen) atoms. The number of aromatic amines is 1. The first-order chi connectivity index (χ1) is 10.8. The maximum absolute atomic E-state index is 8.87. The Hall–Kier alpha value is -2.65. The van der Waals surface area contributed by atoms with E-state index in [2.05, 4.69) is 26.2 Å². The molecule has 0 saturated carbocycles. The minimum Gasteiger partial charge on any atom is -0.378 e. The summed E-state index contributed by atoms with van der Waals surface area (Å²) in [5.41, 5.74) is 2.56. The average molecular weight is 295 g/mol. The summed E-state index contributed by atoms with van der Waals surface area (Å²) >= 11 is 0. The number of H-pyrrole nitrogens is 1. The average Bonchev–Trinajstić information content (AvgIpc) is 3.04. The number of morpholine rings is 1. The van der Waals surface area contributed by atoms with Crippen molar-refractivity contribution in [3.8, 4) is 17.2 Å². The number of amidine groups is 1. The van der Waals surface area contributed by atoms with Crippen LogP contribution in [0.15, 0.2) is 35.5 Å². The minimum absolute atomic E-state index is 0.641. The van der Waals surface area contributed by atoms with Gasteiger partial charge in [-0.15, -0.1) is 0 Å². The van der Waals surface area contributed by atoms with Gasteiger partial charge in [0.15, 0.2) is 5.82 Å². The second kappa shape index (κ2) is 6.41. The van der Waals surface area contributed by atoms with Crippen LogP contribution in [0.3, 0.4) is 0 Å². The molecule has 0 amide bonds. The maximum atomic E-state index is 8.87. The molecular formula is C16H17N5O. The van der Waals surface area contributed by atoms with Crippen molar-refractivity contribution in [2.24, 2.45) is 4.99 Å². The summed E-state index contributed by atoms with van der Waals surface area (Å²) in [5.74, 6) is 1.68. The van der Waals surface area contributed by atoms with E-state index >= 15 is 0 Å². The van der Waals surface area contributed by atoms with Gasteiger partial charge in [-0.25, -0.2) is 4.99 Å². The molecule has 1 saturated heterocycles. The van der Waals surface area contributed by atoms with E-state index in [1.165, 1.54) is 0 Å². The summed E-state index contributed by atoms with van der Waals surface area (Å²) in [4.78, 5) is 6.87. The molecule has 1 aliphatic rings. The van der Waals surface area contributed by atoms with E-state index in [9.17, 15) is 0 Å². The van der Waals surface area contributed by atoms with Gasteiger partial charge in [0, 0.05) is 18.7 Å². The van der Waals surface area contributed by atoms with Crippen LogP contribution < -0.4 is 0 Å². The fourth-order valence-electron chi connectivity index (χ4n) is 2.42. The molecule has 1 aromatic heterocycles. The van der Waals surface area contributed by atoms with Crippen LogP contribution in [0.2, 0.25) is 0 Å². The lowest BCUT2D eigenvalue weighted by Crippen LogP contribution is -2.39. The fourth-order valence-corrected chi connectivity index (χ4v) is 2.42. The van der Waals surface area contributed by atoms with E-state index in [0.29, 0.717) is 5.56 Å². The van der Waals surface area contributed by atoms with Crippen molar-refractivity contribution < 1.29 is 4.74 Å². The van der Waals surface area contributed by atoms with Crippen LogP contribution in [0.25, 0.3) is 11.1 Å². The van der Waals surface area contributed by atoms with Crippen LogP contribution in [-0.4, -0.2) is 47.2 Å². The quantitative estimate of drug-likeness (QED) is 0.681. The summed E-state index contributed by atoms with van der Waals surface area (Å²) in [5, 5.41) is 15.9. The van der Waals surface area contributed by atoms with Gasteiger partial charge in [0.1, 0.15) is 5.84 Å². The van der Waals surface area contributed by atoms with Crippen molar-refractivity contribution in [2.45, 2.75) is 6.92 Å². The number of nitrogens with zero attached hydrogens (tertiary/aromatic N) is 4. The Morgan fingerprint density at radius 2 is 2.05 bits per heavy atom. The highest BCUT2D eigenvalue weighted by Crippen LogP contribution is 2.28. The van der Waals surface area contributed by atoms with Gasteiger partial charge in [0.05, 0.1) is 31.0 Å². The third kappa shape index (κ3) is 3.00.